The normalized spacial score (nSPS) is 14.2. The van der Waals surface area contributed by atoms with E-state index in [0.717, 1.165) is 6.42 Å². The Morgan fingerprint density at radius 1 is 1.28 bits per heavy atom. The molecule has 6 heteroatoms. The second kappa shape index (κ2) is 5.27. The van der Waals surface area contributed by atoms with Gasteiger partial charge in [0.15, 0.2) is 6.19 Å². The molecule has 1 fully saturated rings. The predicted octanol–water partition coefficient (Wildman–Crippen LogP) is 1.60. The largest absolute Gasteiger partial charge is 0.497 e. The zero-order valence-corrected chi connectivity index (χ0v) is 10.00. The molecule has 1 amide bonds. The molecule has 94 valence electrons. The van der Waals surface area contributed by atoms with Crippen molar-refractivity contribution >= 4 is 6.09 Å². The van der Waals surface area contributed by atoms with E-state index in [1.807, 2.05) is 6.19 Å². The lowest BCUT2D eigenvalue weighted by Gasteiger charge is -2.21. The van der Waals surface area contributed by atoms with Crippen LogP contribution in [-0.2, 0) is 0 Å². The van der Waals surface area contributed by atoms with Gasteiger partial charge >= 0.3 is 6.09 Å². The molecule has 1 aromatic carbocycles. The van der Waals surface area contributed by atoms with Crippen LogP contribution in [0.4, 0.5) is 4.79 Å². The minimum atomic E-state index is -0.542. The molecule has 0 atom stereocenters. The molecule has 6 nitrogen and oxygen atoms in total. The van der Waals surface area contributed by atoms with Gasteiger partial charge in [-0.25, -0.2) is 14.8 Å². The Hall–Kier alpha value is -2.42. The number of nitrogens with zero attached hydrogens (tertiary/aromatic N) is 3. The average molecular weight is 247 g/mol. The molecular formula is C12H13N3O3. The van der Waals surface area contributed by atoms with E-state index in [2.05, 4.69) is 0 Å². The summed E-state index contributed by atoms with van der Waals surface area (Å²) in [6.45, 7) is 1.05. The Bertz CT molecular complexity index is 466. The molecule has 0 radical (unpaired) electrons. The number of hydrogen-bond donors (Lipinski definition) is 0. The summed E-state index contributed by atoms with van der Waals surface area (Å²) < 4.78 is 10.2. The monoisotopic (exact) mass is 247 g/mol. The standard InChI is InChI=1S/C12H13N3O3/c1-17-10-3-5-11(6-4-10)18-12(16)15-8-2-7-14(15)9-13/h3-6H,2,7-8H2,1H3. The first-order valence-corrected chi connectivity index (χ1v) is 5.55. The van der Waals surface area contributed by atoms with Crippen molar-refractivity contribution in [2.75, 3.05) is 20.2 Å². The van der Waals surface area contributed by atoms with Gasteiger partial charge in [-0.2, -0.15) is 5.26 Å². The van der Waals surface area contributed by atoms with E-state index in [9.17, 15) is 4.79 Å². The first-order chi connectivity index (χ1) is 8.74. The topological polar surface area (TPSA) is 65.8 Å². The van der Waals surface area contributed by atoms with Crippen molar-refractivity contribution in [3.05, 3.63) is 24.3 Å². The third kappa shape index (κ3) is 2.46. The van der Waals surface area contributed by atoms with Crippen molar-refractivity contribution in [1.82, 2.24) is 10.0 Å². The van der Waals surface area contributed by atoms with Gasteiger partial charge in [-0.3, -0.25) is 0 Å². The van der Waals surface area contributed by atoms with Gasteiger partial charge in [-0.15, -0.1) is 0 Å². The van der Waals surface area contributed by atoms with Crippen LogP contribution in [0.2, 0.25) is 0 Å². The zero-order valence-electron chi connectivity index (χ0n) is 10.00. The van der Waals surface area contributed by atoms with Gasteiger partial charge in [0.25, 0.3) is 0 Å². The summed E-state index contributed by atoms with van der Waals surface area (Å²) in [6, 6.07) is 6.69. The van der Waals surface area contributed by atoms with E-state index in [1.165, 1.54) is 10.0 Å². The lowest BCUT2D eigenvalue weighted by atomic mass is 10.3. The van der Waals surface area contributed by atoms with Gasteiger partial charge < -0.3 is 9.47 Å². The highest BCUT2D eigenvalue weighted by atomic mass is 16.6. The fourth-order valence-corrected chi connectivity index (χ4v) is 1.70. The average Bonchev–Trinajstić information content (AvgIpc) is 2.88. The predicted molar refractivity (Wildman–Crippen MR) is 62.7 cm³/mol. The molecule has 0 bridgehead atoms. The number of ether oxygens (including phenoxy) is 2. The lowest BCUT2D eigenvalue weighted by Crippen LogP contribution is -2.40. The van der Waals surface area contributed by atoms with Crippen molar-refractivity contribution < 1.29 is 14.3 Å². The van der Waals surface area contributed by atoms with Crippen LogP contribution in [0.1, 0.15) is 6.42 Å². The minimum absolute atomic E-state index is 0.422. The van der Waals surface area contributed by atoms with Gasteiger partial charge in [0.1, 0.15) is 11.5 Å². The second-order valence-corrected chi connectivity index (χ2v) is 3.74. The Kier molecular flexibility index (Phi) is 3.53. The van der Waals surface area contributed by atoms with Gasteiger partial charge in [-0.05, 0) is 30.7 Å². The summed E-state index contributed by atoms with van der Waals surface area (Å²) in [5, 5.41) is 11.4. The van der Waals surface area contributed by atoms with Crippen LogP contribution in [0.25, 0.3) is 0 Å². The van der Waals surface area contributed by atoms with Gasteiger partial charge in [0.05, 0.1) is 13.7 Å². The molecule has 0 N–H and O–H groups in total. The Balaban J connectivity index is 2.00. The van der Waals surface area contributed by atoms with E-state index in [1.54, 1.807) is 31.4 Å². The summed E-state index contributed by atoms with van der Waals surface area (Å²) >= 11 is 0. The quantitative estimate of drug-likeness (QED) is 0.742. The molecule has 1 heterocycles. The van der Waals surface area contributed by atoms with E-state index in [-0.39, 0.29) is 0 Å². The molecule has 1 aromatic rings. The number of methoxy groups -OCH3 is 1. The maximum absolute atomic E-state index is 11.8. The van der Waals surface area contributed by atoms with E-state index < -0.39 is 6.09 Å². The summed E-state index contributed by atoms with van der Waals surface area (Å²) in [4.78, 5) is 11.8. The molecular weight excluding hydrogens is 234 g/mol. The number of hydrogen-bond acceptors (Lipinski definition) is 5. The molecule has 0 aliphatic carbocycles. The third-order valence-electron chi connectivity index (χ3n) is 2.62. The first-order valence-electron chi connectivity index (χ1n) is 5.55. The number of hydrazine groups is 1. The molecule has 2 rings (SSSR count). The maximum Gasteiger partial charge on any atom is 0.434 e. The van der Waals surface area contributed by atoms with E-state index >= 15 is 0 Å². The van der Waals surface area contributed by atoms with Crippen molar-refractivity contribution in [3.63, 3.8) is 0 Å². The Morgan fingerprint density at radius 3 is 2.56 bits per heavy atom. The maximum atomic E-state index is 11.8. The molecule has 0 spiro atoms. The van der Waals surface area contributed by atoms with Crippen LogP contribution in [0.5, 0.6) is 11.5 Å². The fraction of sp³-hybridized carbons (Fsp3) is 0.333. The van der Waals surface area contributed by atoms with Crippen LogP contribution in [-0.4, -0.2) is 36.3 Å². The first kappa shape index (κ1) is 12.0. The number of carbonyl (C=O) groups excluding carboxylic acids is 1. The highest BCUT2D eigenvalue weighted by molar-refractivity contribution is 5.70. The van der Waals surface area contributed by atoms with E-state index in [0.29, 0.717) is 24.6 Å². The third-order valence-corrected chi connectivity index (χ3v) is 2.62. The molecule has 0 unspecified atom stereocenters. The molecule has 1 aliphatic heterocycles. The SMILES string of the molecule is COc1ccc(OC(=O)N2CCCN2C#N)cc1. The number of rotatable bonds is 2. The number of nitriles is 1. The summed E-state index contributed by atoms with van der Waals surface area (Å²) in [6.07, 6.45) is 2.16. The van der Waals surface area contributed by atoms with Crippen molar-refractivity contribution in [1.29, 1.82) is 5.26 Å². The fourth-order valence-electron chi connectivity index (χ4n) is 1.70. The van der Waals surface area contributed by atoms with Crippen molar-refractivity contribution in [3.8, 4) is 17.7 Å². The van der Waals surface area contributed by atoms with Gasteiger partial charge in [0, 0.05) is 6.54 Å². The molecule has 0 aromatic heterocycles. The smallest absolute Gasteiger partial charge is 0.434 e. The summed E-state index contributed by atoms with van der Waals surface area (Å²) in [5.74, 6) is 1.11. The van der Waals surface area contributed by atoms with Gasteiger partial charge in [0.2, 0.25) is 0 Å². The van der Waals surface area contributed by atoms with Crippen molar-refractivity contribution in [2.24, 2.45) is 0 Å². The van der Waals surface area contributed by atoms with Crippen LogP contribution >= 0.6 is 0 Å². The van der Waals surface area contributed by atoms with Crippen LogP contribution in [0.3, 0.4) is 0 Å². The molecule has 0 saturated carbocycles. The summed E-state index contributed by atoms with van der Waals surface area (Å²) in [7, 11) is 1.57. The summed E-state index contributed by atoms with van der Waals surface area (Å²) in [5.41, 5.74) is 0. The highest BCUT2D eigenvalue weighted by Crippen LogP contribution is 2.19. The Labute approximate surface area is 105 Å². The van der Waals surface area contributed by atoms with E-state index in [4.69, 9.17) is 14.7 Å². The van der Waals surface area contributed by atoms with Gasteiger partial charge in [-0.1, -0.05) is 0 Å². The number of amides is 1. The molecule has 18 heavy (non-hydrogen) atoms. The van der Waals surface area contributed by atoms with Crippen LogP contribution in [0.15, 0.2) is 24.3 Å². The number of benzene rings is 1. The number of carbonyl (C=O) groups is 1. The van der Waals surface area contributed by atoms with Crippen LogP contribution in [0, 0.1) is 11.5 Å². The Morgan fingerprint density at radius 2 is 1.94 bits per heavy atom. The van der Waals surface area contributed by atoms with Crippen LogP contribution < -0.4 is 9.47 Å². The highest BCUT2D eigenvalue weighted by Gasteiger charge is 2.27. The molecule has 1 aliphatic rings. The molecule has 1 saturated heterocycles. The minimum Gasteiger partial charge on any atom is -0.497 e. The van der Waals surface area contributed by atoms with Crippen molar-refractivity contribution in [2.45, 2.75) is 6.42 Å². The lowest BCUT2D eigenvalue weighted by molar-refractivity contribution is 0.0801. The zero-order chi connectivity index (χ0) is 13.0. The second-order valence-electron chi connectivity index (χ2n) is 3.74.